The van der Waals surface area contributed by atoms with Crippen molar-refractivity contribution in [2.75, 3.05) is 0 Å². The summed E-state index contributed by atoms with van der Waals surface area (Å²) < 4.78 is 0. The molecule has 0 rings (SSSR count). The molecule has 4 heteroatoms. The Morgan fingerprint density at radius 1 is 1.50 bits per heavy atom. The van der Waals surface area contributed by atoms with E-state index in [-0.39, 0.29) is 67.7 Å². The van der Waals surface area contributed by atoms with E-state index in [4.69, 9.17) is 19.1 Å². The van der Waals surface area contributed by atoms with E-state index in [1.807, 2.05) is 0 Å². The maximum atomic E-state index is 4.81. The molecule has 0 saturated heterocycles. The molecular formula is H2BaCl2Pd. The minimum atomic E-state index is -0.106. The third kappa shape index (κ3) is 8.84. The van der Waals surface area contributed by atoms with Gasteiger partial charge in [-0.1, -0.05) is 0 Å². The van der Waals surface area contributed by atoms with Gasteiger partial charge in [0, 0.05) is 0 Å². The molecule has 0 unspecified atom stereocenters. The summed E-state index contributed by atoms with van der Waals surface area (Å²) in [5, 5.41) is 0. The second kappa shape index (κ2) is 9.26. The topological polar surface area (TPSA) is 0 Å². The zero-order chi connectivity index (χ0) is 2.71. The third-order valence-electron chi connectivity index (χ3n) is 0. The molecule has 0 aromatic rings. The summed E-state index contributed by atoms with van der Waals surface area (Å²) in [5.74, 6) is 0. The van der Waals surface area contributed by atoms with Gasteiger partial charge in [-0.25, -0.2) is 0 Å². The first-order chi connectivity index (χ1) is 1.41. The Morgan fingerprint density at radius 3 is 1.50 bits per heavy atom. The van der Waals surface area contributed by atoms with Gasteiger partial charge in [-0.15, -0.1) is 0 Å². The minimum absolute atomic E-state index is 0. The number of halogens is 2. The Morgan fingerprint density at radius 2 is 1.50 bits per heavy atom. The molecule has 0 aromatic heterocycles. The number of hydrogen-bond donors (Lipinski definition) is 0. The van der Waals surface area contributed by atoms with E-state index in [1.54, 1.807) is 0 Å². The summed E-state index contributed by atoms with van der Waals surface area (Å²) in [7, 11) is 9.63. The van der Waals surface area contributed by atoms with Crippen molar-refractivity contribution in [2.45, 2.75) is 0 Å². The van der Waals surface area contributed by atoms with Crippen LogP contribution in [-0.4, -0.2) is 48.9 Å². The van der Waals surface area contributed by atoms with Crippen molar-refractivity contribution in [2.24, 2.45) is 0 Å². The molecule has 0 N–H and O–H groups in total. The SMILES string of the molecule is [Ba+2].[Cl][Pd][Cl].[H-].[H-]. The van der Waals surface area contributed by atoms with Crippen molar-refractivity contribution in [3.05, 3.63) is 0 Å². The van der Waals surface area contributed by atoms with Crippen LogP contribution in [0.2, 0.25) is 0 Å². The second-order valence-corrected chi connectivity index (χ2v) is 2.41. The Balaban J connectivity index is -0.00000000667. The van der Waals surface area contributed by atoms with E-state index in [9.17, 15) is 0 Å². The summed E-state index contributed by atoms with van der Waals surface area (Å²) in [4.78, 5) is 0. The number of rotatable bonds is 0. The van der Waals surface area contributed by atoms with Crippen molar-refractivity contribution in [1.82, 2.24) is 0 Å². The van der Waals surface area contributed by atoms with E-state index in [2.05, 4.69) is 0 Å². The quantitative estimate of drug-likeness (QED) is 0.590. The maximum Gasteiger partial charge on any atom is -1.00 e. The van der Waals surface area contributed by atoms with Crippen LogP contribution in [0.1, 0.15) is 2.85 Å². The van der Waals surface area contributed by atoms with Gasteiger partial charge in [0.2, 0.25) is 0 Å². The molecule has 0 aliphatic rings. The molecular weight excluding hydrogens is 315 g/mol. The van der Waals surface area contributed by atoms with Crippen LogP contribution in [-0.2, 0) is 15.9 Å². The fraction of sp³-hybridized carbons (Fsp3) is 0. The molecule has 28 valence electrons. The van der Waals surface area contributed by atoms with Gasteiger partial charge in [0.15, 0.2) is 0 Å². The van der Waals surface area contributed by atoms with Gasteiger partial charge in [0.05, 0.1) is 0 Å². The largest absolute Gasteiger partial charge is 1.00 e. The van der Waals surface area contributed by atoms with Gasteiger partial charge in [0.25, 0.3) is 0 Å². The average Bonchev–Trinajstić information content (AvgIpc) is 0.918. The molecule has 0 amide bonds. The standard InChI is InChI=1S/Ba.2ClH.Pd.2H/h;2*1H;;;/q+2;;;+2;2*-1/p-2. The fourth-order valence-corrected chi connectivity index (χ4v) is 0. The van der Waals surface area contributed by atoms with Crippen molar-refractivity contribution in [1.29, 1.82) is 0 Å². The maximum absolute atomic E-state index is 4.81. The molecule has 0 aliphatic carbocycles. The van der Waals surface area contributed by atoms with E-state index in [1.165, 1.54) is 0 Å². The first kappa shape index (κ1) is 9.94. The first-order valence-electron chi connectivity index (χ1n) is 0.239. The summed E-state index contributed by atoms with van der Waals surface area (Å²) in [6.07, 6.45) is 0. The predicted octanol–water partition coefficient (Wildman–Crippen LogP) is 1.22. The predicted molar refractivity (Wildman–Crippen MR) is 19.7 cm³/mol. The monoisotopic (exact) mass is 316 g/mol. The third-order valence-corrected chi connectivity index (χ3v) is 0. The van der Waals surface area contributed by atoms with E-state index >= 15 is 0 Å². The summed E-state index contributed by atoms with van der Waals surface area (Å²) in [6, 6.07) is 0. The van der Waals surface area contributed by atoms with Crippen LogP contribution in [0, 0.1) is 0 Å². The van der Waals surface area contributed by atoms with E-state index < -0.39 is 0 Å². The normalized spacial score (nSPS) is 5.50. The van der Waals surface area contributed by atoms with Gasteiger partial charge < -0.3 is 2.85 Å². The molecule has 0 saturated carbocycles. The Hall–Kier alpha value is 2.81. The molecule has 0 spiro atoms. The van der Waals surface area contributed by atoms with Crippen LogP contribution in [0.15, 0.2) is 0 Å². The van der Waals surface area contributed by atoms with Gasteiger partial charge in [-0.3, -0.25) is 0 Å². The molecule has 0 nitrogen and oxygen atoms in total. The van der Waals surface area contributed by atoms with Gasteiger partial charge in [-0.05, 0) is 0 Å². The Labute approximate surface area is 84.8 Å². The average molecular weight is 317 g/mol. The van der Waals surface area contributed by atoms with Gasteiger partial charge in [0.1, 0.15) is 0 Å². The fourth-order valence-electron chi connectivity index (χ4n) is 0. The van der Waals surface area contributed by atoms with E-state index in [0.29, 0.717) is 0 Å². The van der Waals surface area contributed by atoms with Crippen molar-refractivity contribution in [3.63, 3.8) is 0 Å². The molecule has 0 fully saturated rings. The van der Waals surface area contributed by atoms with Crippen LogP contribution in [0.25, 0.3) is 0 Å². The second-order valence-electron chi connectivity index (χ2n) is 0.0452. The molecule has 0 bridgehead atoms. The van der Waals surface area contributed by atoms with E-state index in [0.717, 1.165) is 0 Å². The number of hydrogen-bond acceptors (Lipinski definition) is 0. The van der Waals surface area contributed by atoms with Crippen molar-refractivity contribution < 1.29 is 18.8 Å². The molecule has 4 heavy (non-hydrogen) atoms. The van der Waals surface area contributed by atoms with Crippen LogP contribution in [0.5, 0.6) is 0 Å². The summed E-state index contributed by atoms with van der Waals surface area (Å²) >= 11 is -0.106. The molecule has 0 aliphatic heterocycles. The van der Waals surface area contributed by atoms with Crippen LogP contribution in [0.4, 0.5) is 0 Å². The van der Waals surface area contributed by atoms with Crippen molar-refractivity contribution >= 4 is 67.9 Å². The van der Waals surface area contributed by atoms with Crippen molar-refractivity contribution in [3.8, 4) is 0 Å². The molecule has 0 aromatic carbocycles. The molecule has 0 heterocycles. The first-order valence-corrected chi connectivity index (χ1v) is 4.24. The van der Waals surface area contributed by atoms with Gasteiger partial charge >= 0.3 is 83.9 Å². The van der Waals surface area contributed by atoms with Gasteiger partial charge in [-0.2, -0.15) is 0 Å². The smallest absolute Gasteiger partial charge is 1.00 e. The molecule has 0 radical (unpaired) electrons. The minimum Gasteiger partial charge on any atom is -1.00 e. The Bertz CT molecular complexity index is 11.5. The van der Waals surface area contributed by atoms with Crippen LogP contribution in [0.3, 0.4) is 0 Å². The van der Waals surface area contributed by atoms with Crippen LogP contribution < -0.4 is 0 Å². The zero-order valence-corrected chi connectivity index (χ0v) is 9.29. The Kier molecular flexibility index (Phi) is 23.0. The summed E-state index contributed by atoms with van der Waals surface area (Å²) in [6.45, 7) is 0. The van der Waals surface area contributed by atoms with Crippen LogP contribution >= 0.6 is 19.1 Å². The summed E-state index contributed by atoms with van der Waals surface area (Å²) in [5.41, 5.74) is 0. The zero-order valence-electron chi connectivity index (χ0n) is 3.78. The molecule has 0 atom stereocenters.